The summed E-state index contributed by atoms with van der Waals surface area (Å²) in [5.41, 5.74) is 1.39. The Kier molecular flexibility index (Phi) is 22.7. The van der Waals surface area contributed by atoms with Crippen LogP contribution >= 0.6 is 22.9 Å². The van der Waals surface area contributed by atoms with Gasteiger partial charge in [-0.25, -0.2) is 19.7 Å². The molecule has 4 heterocycles. The second-order valence-electron chi connectivity index (χ2n) is 16.1. The molecular formula is C48H63ClN10O10S. The topological polar surface area (TPSA) is 226 Å². The summed E-state index contributed by atoms with van der Waals surface area (Å²) in [7, 11) is 0. The number of H-pyrrole nitrogens is 1. The third-order valence-electron chi connectivity index (χ3n) is 10.8. The quantitative estimate of drug-likeness (QED) is 0.0405. The zero-order valence-corrected chi connectivity index (χ0v) is 41.3. The maximum Gasteiger partial charge on any atom is 0.332 e. The lowest BCUT2D eigenvalue weighted by Gasteiger charge is -2.35. The van der Waals surface area contributed by atoms with Crippen LogP contribution in [0.25, 0.3) is 5.69 Å². The maximum atomic E-state index is 12.9. The molecule has 1 aliphatic rings. The lowest BCUT2D eigenvalue weighted by atomic mass is 10.2. The number of halogens is 1. The molecule has 0 radical (unpaired) electrons. The first-order valence-electron chi connectivity index (χ1n) is 23.4. The Morgan fingerprint density at radius 3 is 2.09 bits per heavy atom. The number of aryl methyl sites for hydroxylation is 2. The van der Waals surface area contributed by atoms with E-state index in [9.17, 15) is 19.2 Å². The zero-order valence-electron chi connectivity index (χ0n) is 39.8. The van der Waals surface area contributed by atoms with Gasteiger partial charge < -0.3 is 49.3 Å². The maximum absolute atomic E-state index is 12.9. The fourth-order valence-corrected chi connectivity index (χ4v) is 8.19. The molecule has 378 valence electrons. The van der Waals surface area contributed by atoms with E-state index < -0.39 is 11.2 Å². The Hall–Kier alpha value is -5.62. The summed E-state index contributed by atoms with van der Waals surface area (Å²) in [5, 5.41) is 9.92. The molecule has 5 aromatic rings. The molecule has 6 rings (SSSR count). The van der Waals surface area contributed by atoms with Gasteiger partial charge in [0.05, 0.1) is 88.7 Å². The van der Waals surface area contributed by atoms with Gasteiger partial charge in [0.15, 0.2) is 5.13 Å². The molecule has 1 saturated heterocycles. The number of nitrogens with zero attached hydrogens (tertiary/aromatic N) is 6. The predicted octanol–water partition coefficient (Wildman–Crippen LogP) is 5.46. The van der Waals surface area contributed by atoms with Gasteiger partial charge in [0.25, 0.3) is 11.5 Å². The Labute approximate surface area is 416 Å². The van der Waals surface area contributed by atoms with Gasteiger partial charge in [-0.15, -0.1) is 0 Å². The van der Waals surface area contributed by atoms with Crippen molar-refractivity contribution < 1.29 is 38.0 Å². The van der Waals surface area contributed by atoms with Crippen molar-refractivity contribution in [2.24, 2.45) is 0 Å². The van der Waals surface area contributed by atoms with Crippen LogP contribution in [0, 0.1) is 13.8 Å². The number of piperazine rings is 1. The molecular weight excluding hydrogens is 944 g/mol. The highest BCUT2D eigenvalue weighted by Gasteiger charge is 2.20. The number of aromatic amines is 1. The molecule has 20 nitrogen and oxygen atoms in total. The number of amides is 2. The molecule has 1 aliphatic heterocycles. The van der Waals surface area contributed by atoms with Crippen LogP contribution in [-0.2, 0) is 33.2 Å². The number of hydrogen-bond acceptors (Lipinski definition) is 17. The normalized spacial score (nSPS) is 12.9. The summed E-state index contributed by atoms with van der Waals surface area (Å²) < 4.78 is 34.6. The molecule has 0 bridgehead atoms. The Morgan fingerprint density at radius 2 is 1.40 bits per heavy atom. The van der Waals surface area contributed by atoms with Crippen LogP contribution in [0.5, 0.6) is 0 Å². The van der Waals surface area contributed by atoms with E-state index >= 15 is 0 Å². The Bertz CT molecular complexity index is 2500. The van der Waals surface area contributed by atoms with Crippen molar-refractivity contribution in [1.29, 1.82) is 0 Å². The molecule has 0 unspecified atom stereocenters. The average molecular weight is 1010 g/mol. The third-order valence-corrected chi connectivity index (χ3v) is 12.0. The zero-order chi connectivity index (χ0) is 49.3. The average Bonchev–Trinajstić information content (AvgIpc) is 3.81. The minimum absolute atomic E-state index is 0.161. The van der Waals surface area contributed by atoms with E-state index in [1.165, 1.54) is 34.6 Å². The van der Waals surface area contributed by atoms with Gasteiger partial charge in [0, 0.05) is 56.8 Å². The van der Waals surface area contributed by atoms with E-state index in [1.54, 1.807) is 36.5 Å². The fourth-order valence-electron chi connectivity index (χ4n) is 7.20. The van der Waals surface area contributed by atoms with Crippen molar-refractivity contribution in [3.05, 3.63) is 109 Å². The number of para-hydroxylation sites is 1. The number of thiazole rings is 1. The summed E-state index contributed by atoms with van der Waals surface area (Å²) in [5.74, 6) is 1.54. The van der Waals surface area contributed by atoms with Gasteiger partial charge in [0.1, 0.15) is 28.9 Å². The highest BCUT2D eigenvalue weighted by atomic mass is 35.5. The van der Waals surface area contributed by atoms with Crippen molar-refractivity contribution >= 4 is 62.9 Å². The number of carbonyl (C=O) groups excluding carboxylic acids is 2. The van der Waals surface area contributed by atoms with Crippen molar-refractivity contribution in [1.82, 2.24) is 29.4 Å². The smallest absolute Gasteiger partial charge is 0.332 e. The largest absolute Gasteiger partial charge is 0.379 e. The predicted molar refractivity (Wildman–Crippen MR) is 270 cm³/mol. The van der Waals surface area contributed by atoms with Crippen molar-refractivity contribution in [3.63, 3.8) is 0 Å². The molecule has 0 saturated carbocycles. The summed E-state index contributed by atoms with van der Waals surface area (Å²) in [4.78, 5) is 69.7. The number of unbranched alkanes of at least 4 members (excludes halogenated alkanes) is 3. The molecule has 4 N–H and O–H groups in total. The number of hydrogen-bond donors (Lipinski definition) is 4. The monoisotopic (exact) mass is 1010 g/mol. The minimum atomic E-state index is -0.574. The molecule has 2 aromatic carbocycles. The van der Waals surface area contributed by atoms with Crippen LogP contribution in [-0.4, -0.2) is 153 Å². The summed E-state index contributed by atoms with van der Waals surface area (Å²) in [6.45, 7) is 13.4. The van der Waals surface area contributed by atoms with Gasteiger partial charge in [-0.1, -0.05) is 54.0 Å². The van der Waals surface area contributed by atoms with Crippen LogP contribution < -0.4 is 32.1 Å². The van der Waals surface area contributed by atoms with Crippen LogP contribution in [0.4, 0.5) is 28.1 Å². The number of benzene rings is 2. The SMILES string of the molecule is Cc1nc(Nc2ncc(C(=O)Nc3c(C)cccc3Cl)s2)cc(N2CCN(CCCCCCOCCOCCOCCOCCOCCOCC(=O)Nc3cccc(-n4ccc(=O)[nH]c4=O)c3)CC2)n1. The minimum Gasteiger partial charge on any atom is -0.379 e. The number of anilines is 5. The molecule has 3 aromatic heterocycles. The third kappa shape index (κ3) is 18.6. The number of nitrogens with one attached hydrogen (secondary N) is 4. The van der Waals surface area contributed by atoms with E-state index in [4.69, 9.17) is 45.0 Å². The van der Waals surface area contributed by atoms with E-state index in [-0.39, 0.29) is 25.0 Å². The van der Waals surface area contributed by atoms with E-state index in [0.717, 1.165) is 70.0 Å². The number of aromatic nitrogens is 5. The van der Waals surface area contributed by atoms with Crippen LogP contribution in [0.3, 0.4) is 0 Å². The fraction of sp³-hybridized carbons (Fsp3) is 0.479. The Morgan fingerprint density at radius 1 is 0.743 bits per heavy atom. The first kappa shape index (κ1) is 53.7. The first-order chi connectivity index (χ1) is 34.1. The standard InChI is InChI=1S/C48H63ClN10O10S/c1-35-9-7-12-39(49)45(35)56-46(62)40-33-50-47(70-40)54-41-32-42(52-36(2)51-41)58-18-16-57(17-19-58)14-5-3-4-6-20-64-21-22-65-23-24-66-25-26-67-27-28-68-29-30-69-34-44(61)53-37-10-8-11-38(31-37)59-15-13-43(60)55-48(59)63/h7-13,15,31-33H,3-6,14,16-30,34H2,1-2H3,(H,53,61)(H,56,62)(H,55,60,63)(H,50,51,52,54). The molecule has 2 amide bonds. The van der Waals surface area contributed by atoms with Gasteiger partial charge >= 0.3 is 5.69 Å². The molecule has 0 spiro atoms. The lowest BCUT2D eigenvalue weighted by Crippen LogP contribution is -2.47. The van der Waals surface area contributed by atoms with Gasteiger partial charge in [-0.3, -0.25) is 28.8 Å². The van der Waals surface area contributed by atoms with Crippen molar-refractivity contribution in [3.8, 4) is 5.69 Å². The molecule has 0 atom stereocenters. The number of carbonyl (C=O) groups is 2. The summed E-state index contributed by atoms with van der Waals surface area (Å²) in [6.07, 6.45) is 7.39. The van der Waals surface area contributed by atoms with Gasteiger partial charge in [0.2, 0.25) is 5.91 Å². The van der Waals surface area contributed by atoms with Crippen LogP contribution in [0.2, 0.25) is 5.02 Å². The second kappa shape index (κ2) is 29.5. The molecule has 0 aliphatic carbocycles. The number of ether oxygens (including phenoxy) is 6. The Balaban J connectivity index is 0.684. The summed E-state index contributed by atoms with van der Waals surface area (Å²) >= 11 is 7.54. The van der Waals surface area contributed by atoms with Crippen molar-refractivity contribution in [2.45, 2.75) is 39.5 Å². The molecule has 70 heavy (non-hydrogen) atoms. The number of rotatable bonds is 31. The second-order valence-corrected chi connectivity index (χ2v) is 17.6. The van der Waals surface area contributed by atoms with Crippen LogP contribution in [0.15, 0.2) is 76.6 Å². The van der Waals surface area contributed by atoms with Gasteiger partial charge in [-0.05, 0) is 63.1 Å². The lowest BCUT2D eigenvalue weighted by molar-refractivity contribution is -0.121. The molecule has 1 fully saturated rings. The molecule has 22 heteroatoms. The van der Waals surface area contributed by atoms with Crippen LogP contribution in [0.1, 0.15) is 46.7 Å². The van der Waals surface area contributed by atoms with E-state index in [1.807, 2.05) is 32.0 Å². The highest BCUT2D eigenvalue weighted by molar-refractivity contribution is 7.17. The van der Waals surface area contributed by atoms with Crippen molar-refractivity contribution in [2.75, 3.05) is 133 Å². The highest BCUT2D eigenvalue weighted by Crippen LogP contribution is 2.29. The van der Waals surface area contributed by atoms with Gasteiger partial charge in [-0.2, -0.15) is 0 Å². The summed E-state index contributed by atoms with van der Waals surface area (Å²) in [6, 6.07) is 15.3. The first-order valence-corrected chi connectivity index (χ1v) is 24.6. The van der Waals surface area contributed by atoms with E-state index in [2.05, 4.69) is 40.7 Å². The van der Waals surface area contributed by atoms with E-state index in [0.29, 0.717) is 103 Å².